The van der Waals surface area contributed by atoms with Gasteiger partial charge in [0.15, 0.2) is 6.40 Å². The maximum atomic E-state index is 8.52. The molecule has 0 radical (unpaired) electrons. The van der Waals surface area contributed by atoms with Crippen molar-refractivity contribution in [3.8, 4) is 11.8 Å². The zero-order chi connectivity index (χ0) is 13.4. The van der Waals surface area contributed by atoms with E-state index in [2.05, 4.69) is 16.4 Å². The first-order valence-electron chi connectivity index (χ1n) is 5.57. The third-order valence-electron chi connectivity index (χ3n) is 2.37. The standard InChI is InChI=1S/C13H17N3O2/c1-10-7-13(18-3)12(15-6-4-5-14)8-11(10)16-9-17-2/h7-9,15H,4,6H2,1-3H3. The van der Waals surface area contributed by atoms with Gasteiger partial charge in [-0.15, -0.1) is 0 Å². The lowest BCUT2D eigenvalue weighted by Gasteiger charge is -2.12. The molecular formula is C13H17N3O2. The van der Waals surface area contributed by atoms with Crippen molar-refractivity contribution in [2.24, 2.45) is 4.99 Å². The number of hydrogen-bond acceptors (Lipinski definition) is 5. The van der Waals surface area contributed by atoms with Crippen molar-refractivity contribution >= 4 is 17.8 Å². The molecule has 0 aliphatic carbocycles. The zero-order valence-corrected chi connectivity index (χ0v) is 10.9. The van der Waals surface area contributed by atoms with Gasteiger partial charge in [0.1, 0.15) is 5.75 Å². The van der Waals surface area contributed by atoms with Crippen molar-refractivity contribution in [2.45, 2.75) is 13.3 Å². The lowest BCUT2D eigenvalue weighted by atomic mass is 10.1. The van der Waals surface area contributed by atoms with Gasteiger partial charge in [-0.1, -0.05) is 0 Å². The van der Waals surface area contributed by atoms with Crippen molar-refractivity contribution in [1.29, 1.82) is 5.26 Å². The van der Waals surface area contributed by atoms with Gasteiger partial charge in [0.25, 0.3) is 0 Å². The van der Waals surface area contributed by atoms with Crippen LogP contribution in [-0.4, -0.2) is 27.2 Å². The van der Waals surface area contributed by atoms with Crippen molar-refractivity contribution in [3.05, 3.63) is 17.7 Å². The Morgan fingerprint density at radius 1 is 1.44 bits per heavy atom. The fourth-order valence-electron chi connectivity index (χ4n) is 1.48. The van der Waals surface area contributed by atoms with Crippen LogP contribution in [0.25, 0.3) is 0 Å². The highest BCUT2D eigenvalue weighted by Crippen LogP contribution is 2.32. The summed E-state index contributed by atoms with van der Waals surface area (Å²) in [5.41, 5.74) is 2.62. The van der Waals surface area contributed by atoms with Crippen molar-refractivity contribution in [2.75, 3.05) is 26.1 Å². The number of aliphatic imine (C=N–C) groups is 1. The van der Waals surface area contributed by atoms with E-state index in [4.69, 9.17) is 14.7 Å². The second kappa shape index (κ2) is 7.17. The fourth-order valence-corrected chi connectivity index (χ4v) is 1.48. The lowest BCUT2D eigenvalue weighted by molar-refractivity contribution is 0.416. The highest BCUT2D eigenvalue weighted by atomic mass is 16.5. The molecule has 5 heteroatoms. The van der Waals surface area contributed by atoms with E-state index >= 15 is 0 Å². The average molecular weight is 247 g/mol. The van der Waals surface area contributed by atoms with Crippen LogP contribution in [0.4, 0.5) is 11.4 Å². The quantitative estimate of drug-likeness (QED) is 0.476. The lowest BCUT2D eigenvalue weighted by Crippen LogP contribution is -2.02. The van der Waals surface area contributed by atoms with Gasteiger partial charge < -0.3 is 14.8 Å². The second-order valence-electron chi connectivity index (χ2n) is 3.64. The predicted molar refractivity (Wildman–Crippen MR) is 71.6 cm³/mol. The number of ether oxygens (including phenoxy) is 2. The summed E-state index contributed by atoms with van der Waals surface area (Å²) in [6, 6.07) is 5.86. The Morgan fingerprint density at radius 3 is 2.83 bits per heavy atom. The molecule has 0 atom stereocenters. The number of methoxy groups -OCH3 is 2. The predicted octanol–water partition coefficient (Wildman–Crippen LogP) is 2.64. The molecule has 0 saturated heterocycles. The molecule has 0 fully saturated rings. The van der Waals surface area contributed by atoms with Crippen LogP contribution in [0.2, 0.25) is 0 Å². The van der Waals surface area contributed by atoms with Crippen LogP contribution in [0.5, 0.6) is 5.75 Å². The molecule has 0 aliphatic rings. The third-order valence-corrected chi connectivity index (χ3v) is 2.37. The van der Waals surface area contributed by atoms with E-state index in [0.29, 0.717) is 13.0 Å². The molecule has 18 heavy (non-hydrogen) atoms. The first-order valence-corrected chi connectivity index (χ1v) is 5.57. The molecule has 0 aromatic heterocycles. The maximum absolute atomic E-state index is 8.52. The fraction of sp³-hybridized carbons (Fsp3) is 0.385. The van der Waals surface area contributed by atoms with Crippen LogP contribution in [0.3, 0.4) is 0 Å². The van der Waals surface area contributed by atoms with Crippen molar-refractivity contribution in [3.63, 3.8) is 0 Å². The van der Waals surface area contributed by atoms with Gasteiger partial charge >= 0.3 is 0 Å². The number of nitrogens with one attached hydrogen (secondary N) is 1. The molecule has 1 N–H and O–H groups in total. The number of benzene rings is 1. The van der Waals surface area contributed by atoms with E-state index in [9.17, 15) is 0 Å². The van der Waals surface area contributed by atoms with E-state index in [1.807, 2.05) is 19.1 Å². The Hall–Kier alpha value is -2.22. The smallest absolute Gasteiger partial charge is 0.174 e. The first kappa shape index (κ1) is 13.8. The summed E-state index contributed by atoms with van der Waals surface area (Å²) in [6.45, 7) is 2.52. The van der Waals surface area contributed by atoms with E-state index in [0.717, 1.165) is 22.7 Å². The third kappa shape index (κ3) is 3.67. The Balaban J connectivity index is 2.98. The summed E-state index contributed by atoms with van der Waals surface area (Å²) in [5.74, 6) is 0.738. The van der Waals surface area contributed by atoms with E-state index in [1.54, 1.807) is 14.2 Å². The zero-order valence-electron chi connectivity index (χ0n) is 10.9. The second-order valence-corrected chi connectivity index (χ2v) is 3.64. The van der Waals surface area contributed by atoms with Crippen LogP contribution in [0.1, 0.15) is 12.0 Å². The van der Waals surface area contributed by atoms with Gasteiger partial charge in [-0.2, -0.15) is 5.26 Å². The SMILES string of the molecule is COC=Nc1cc(NCCC#N)c(OC)cc1C. The molecule has 5 nitrogen and oxygen atoms in total. The normalized spacial score (nSPS) is 10.1. The molecule has 0 bridgehead atoms. The van der Waals surface area contributed by atoms with Crippen molar-refractivity contribution < 1.29 is 9.47 Å². The summed E-state index contributed by atoms with van der Waals surface area (Å²) in [6.07, 6.45) is 1.82. The van der Waals surface area contributed by atoms with Gasteiger partial charge in [-0.25, -0.2) is 4.99 Å². The van der Waals surface area contributed by atoms with Crippen LogP contribution < -0.4 is 10.1 Å². The molecule has 1 aromatic rings. The molecule has 1 rings (SSSR count). The van der Waals surface area contributed by atoms with Crippen LogP contribution in [0.15, 0.2) is 17.1 Å². The molecule has 0 unspecified atom stereocenters. The van der Waals surface area contributed by atoms with Gasteiger partial charge in [0, 0.05) is 6.54 Å². The number of rotatable bonds is 6. The molecular weight excluding hydrogens is 230 g/mol. The summed E-state index contributed by atoms with van der Waals surface area (Å²) >= 11 is 0. The number of nitriles is 1. The van der Waals surface area contributed by atoms with Crippen LogP contribution in [-0.2, 0) is 4.74 Å². The molecule has 0 spiro atoms. The highest BCUT2D eigenvalue weighted by molar-refractivity contribution is 5.69. The molecule has 0 saturated carbocycles. The number of anilines is 1. The summed E-state index contributed by atoms with van der Waals surface area (Å²) in [4.78, 5) is 4.18. The number of aryl methyl sites for hydroxylation is 1. The number of hydrogen-bond donors (Lipinski definition) is 1. The van der Waals surface area contributed by atoms with Gasteiger partial charge in [-0.05, 0) is 24.6 Å². The van der Waals surface area contributed by atoms with Gasteiger partial charge in [0.05, 0.1) is 38.1 Å². The Morgan fingerprint density at radius 2 is 2.22 bits per heavy atom. The minimum Gasteiger partial charge on any atom is -0.495 e. The highest BCUT2D eigenvalue weighted by Gasteiger charge is 2.07. The van der Waals surface area contributed by atoms with E-state index in [-0.39, 0.29) is 0 Å². The summed E-state index contributed by atoms with van der Waals surface area (Å²) < 4.78 is 10.1. The topological polar surface area (TPSA) is 66.6 Å². The average Bonchev–Trinajstić information content (AvgIpc) is 2.38. The Labute approximate surface area is 107 Å². The molecule has 0 aliphatic heterocycles. The Kier molecular flexibility index (Phi) is 5.52. The summed E-state index contributed by atoms with van der Waals surface area (Å²) in [5, 5.41) is 11.7. The minimum absolute atomic E-state index is 0.438. The van der Waals surface area contributed by atoms with Crippen LogP contribution >= 0.6 is 0 Å². The van der Waals surface area contributed by atoms with Gasteiger partial charge in [0.2, 0.25) is 0 Å². The van der Waals surface area contributed by atoms with E-state index < -0.39 is 0 Å². The molecule has 0 heterocycles. The largest absolute Gasteiger partial charge is 0.495 e. The monoisotopic (exact) mass is 247 g/mol. The minimum atomic E-state index is 0.438. The maximum Gasteiger partial charge on any atom is 0.174 e. The first-order chi connectivity index (χ1) is 8.72. The summed E-state index contributed by atoms with van der Waals surface area (Å²) in [7, 11) is 3.16. The number of nitrogens with zero attached hydrogens (tertiary/aromatic N) is 2. The van der Waals surface area contributed by atoms with Crippen molar-refractivity contribution in [1.82, 2.24) is 0 Å². The van der Waals surface area contributed by atoms with Gasteiger partial charge in [-0.3, -0.25) is 0 Å². The van der Waals surface area contributed by atoms with E-state index in [1.165, 1.54) is 6.40 Å². The molecule has 0 amide bonds. The molecule has 1 aromatic carbocycles. The molecule has 96 valence electrons. The Bertz CT molecular complexity index is 464. The van der Waals surface area contributed by atoms with Crippen LogP contribution in [0, 0.1) is 18.3 Å².